The number of hydrogen-bond acceptors (Lipinski definition) is 6. The van der Waals surface area contributed by atoms with E-state index in [1.807, 2.05) is 54.6 Å². The zero-order chi connectivity index (χ0) is 81.9. The van der Waals surface area contributed by atoms with Gasteiger partial charge in [-0.15, -0.1) is 0 Å². The fourth-order valence-corrected chi connectivity index (χ4v) is 17.2. The number of rotatable bonds is 22. The van der Waals surface area contributed by atoms with Gasteiger partial charge in [-0.05, 0) is 332 Å². The van der Waals surface area contributed by atoms with E-state index in [0.29, 0.717) is 15.1 Å². The molecule has 0 atom stereocenters. The molecule has 0 aliphatic carbocycles. The highest BCUT2D eigenvalue weighted by atomic mass is 35.5. The summed E-state index contributed by atoms with van der Waals surface area (Å²) in [5, 5.41) is 4.00. The van der Waals surface area contributed by atoms with Gasteiger partial charge in [-0.1, -0.05) is 217 Å². The van der Waals surface area contributed by atoms with Gasteiger partial charge in [0.05, 0.1) is 11.0 Å². The van der Waals surface area contributed by atoms with E-state index >= 15 is 0 Å². The lowest BCUT2D eigenvalue weighted by atomic mass is 10.0. The first-order valence-corrected chi connectivity index (χ1v) is 41.8. The van der Waals surface area contributed by atoms with E-state index < -0.39 is 0 Å². The topological polar surface area (TPSA) is 24.4 Å². The van der Waals surface area contributed by atoms with Crippen LogP contribution in [0.15, 0.2) is 443 Å². The minimum Gasteiger partial charge on any atom is -0.310 e. The first-order chi connectivity index (χ1) is 59.4. The summed E-state index contributed by atoms with van der Waals surface area (Å²) in [6, 6.07) is 158. The summed E-state index contributed by atoms with van der Waals surface area (Å²) in [5.74, 6) is 0. The molecule has 7 nitrogen and oxygen atoms in total. The quantitative estimate of drug-likeness (QED) is 0.0670. The number of aromatic nitrogens is 1. The third-order valence-electron chi connectivity index (χ3n) is 22.4. The van der Waals surface area contributed by atoms with Crippen LogP contribution in [0.5, 0.6) is 0 Å². The molecule has 0 radical (unpaired) electrons. The fourth-order valence-electron chi connectivity index (χ4n) is 16.7. The van der Waals surface area contributed by atoms with Gasteiger partial charge in [-0.25, -0.2) is 0 Å². The van der Waals surface area contributed by atoms with Crippen molar-refractivity contribution in [2.45, 2.75) is 20.8 Å². The first kappa shape index (κ1) is 76.4. The molecule has 0 aliphatic heterocycles. The van der Waals surface area contributed by atoms with E-state index in [2.05, 4.69) is 443 Å². The molecule has 0 saturated carbocycles. The summed E-state index contributed by atoms with van der Waals surface area (Å²) in [6.07, 6.45) is 0. The third-order valence-corrected chi connectivity index (χ3v) is 23.1. The van der Waals surface area contributed by atoms with Gasteiger partial charge in [0.25, 0.3) is 0 Å². The van der Waals surface area contributed by atoms with Crippen LogP contribution < -0.4 is 29.4 Å². The zero-order valence-corrected chi connectivity index (χ0v) is 69.2. The van der Waals surface area contributed by atoms with Crippen molar-refractivity contribution in [2.75, 3.05) is 29.4 Å². The van der Waals surface area contributed by atoms with Crippen LogP contribution in [0.4, 0.5) is 102 Å². The highest BCUT2D eigenvalue weighted by molar-refractivity contribution is 6.31. The molecular formula is C111H82Cl3N7. The van der Waals surface area contributed by atoms with Gasteiger partial charge in [-0.3, -0.25) is 0 Å². The lowest BCUT2D eigenvalue weighted by Crippen LogP contribution is -2.10. The molecule has 582 valence electrons. The van der Waals surface area contributed by atoms with Gasteiger partial charge in [-0.2, -0.15) is 0 Å². The predicted octanol–water partition coefficient (Wildman–Crippen LogP) is 33.5. The zero-order valence-electron chi connectivity index (χ0n) is 66.9. The molecule has 19 rings (SSSR count). The number of anilines is 18. The summed E-state index contributed by atoms with van der Waals surface area (Å²) < 4.78 is 2.39. The van der Waals surface area contributed by atoms with Crippen LogP contribution in [0.2, 0.25) is 15.1 Å². The van der Waals surface area contributed by atoms with Crippen molar-refractivity contribution in [3.8, 4) is 39.1 Å². The molecule has 121 heavy (non-hydrogen) atoms. The number of benzene rings is 18. The molecule has 0 spiro atoms. The molecule has 0 bridgehead atoms. The van der Waals surface area contributed by atoms with Crippen molar-refractivity contribution in [1.29, 1.82) is 0 Å². The van der Waals surface area contributed by atoms with Gasteiger partial charge in [0.1, 0.15) is 0 Å². The van der Waals surface area contributed by atoms with Crippen molar-refractivity contribution in [3.63, 3.8) is 0 Å². The Morgan fingerprint density at radius 1 is 0.165 bits per heavy atom. The van der Waals surface area contributed by atoms with E-state index in [1.54, 1.807) is 0 Å². The summed E-state index contributed by atoms with van der Waals surface area (Å²) >= 11 is 20.9. The second kappa shape index (κ2) is 33.8. The van der Waals surface area contributed by atoms with Crippen LogP contribution in [0.25, 0.3) is 60.9 Å². The molecule has 10 heteroatoms. The Kier molecular flexibility index (Phi) is 21.3. The van der Waals surface area contributed by atoms with E-state index in [-0.39, 0.29) is 0 Å². The van der Waals surface area contributed by atoms with Gasteiger partial charge >= 0.3 is 0 Å². The van der Waals surface area contributed by atoms with Crippen molar-refractivity contribution in [3.05, 3.63) is 475 Å². The van der Waals surface area contributed by atoms with Crippen LogP contribution in [0.3, 0.4) is 0 Å². The normalized spacial score (nSPS) is 11.2. The predicted molar refractivity (Wildman–Crippen MR) is 514 cm³/mol. The molecule has 0 amide bonds. The summed E-state index contributed by atoms with van der Waals surface area (Å²) in [7, 11) is 0. The summed E-state index contributed by atoms with van der Waals surface area (Å²) in [4.78, 5) is 13.8. The van der Waals surface area contributed by atoms with E-state index in [9.17, 15) is 0 Å². The molecule has 0 N–H and O–H groups in total. The van der Waals surface area contributed by atoms with Gasteiger partial charge in [0, 0.05) is 134 Å². The highest BCUT2D eigenvalue weighted by Crippen LogP contribution is 2.48. The Hall–Kier alpha value is -14.6. The van der Waals surface area contributed by atoms with E-state index in [4.69, 9.17) is 34.8 Å². The minimum atomic E-state index is 0.633. The Morgan fingerprint density at radius 3 is 0.595 bits per heavy atom. The molecule has 1 heterocycles. The van der Waals surface area contributed by atoms with Crippen molar-refractivity contribution >= 4 is 159 Å². The lowest BCUT2D eigenvalue weighted by Gasteiger charge is -2.27. The van der Waals surface area contributed by atoms with Crippen molar-refractivity contribution in [2.24, 2.45) is 0 Å². The Bertz CT molecular complexity index is 6600. The Labute approximate surface area is 722 Å². The highest BCUT2D eigenvalue weighted by Gasteiger charge is 2.25. The maximum absolute atomic E-state index is 7.01. The largest absolute Gasteiger partial charge is 0.310 e. The fraction of sp³-hybridized carbons (Fsp3) is 0.0270. The second-order valence-corrected chi connectivity index (χ2v) is 31.8. The maximum Gasteiger partial charge on any atom is 0.0542 e. The third kappa shape index (κ3) is 16.0. The van der Waals surface area contributed by atoms with Gasteiger partial charge in [0.2, 0.25) is 0 Å². The van der Waals surface area contributed by atoms with Crippen LogP contribution in [0.1, 0.15) is 16.7 Å². The molecule has 0 saturated heterocycles. The molecular weight excluding hydrogens is 1540 g/mol. The van der Waals surface area contributed by atoms with Crippen LogP contribution in [-0.2, 0) is 0 Å². The van der Waals surface area contributed by atoms with Crippen LogP contribution >= 0.6 is 34.8 Å². The number of nitrogens with zero attached hydrogens (tertiary/aromatic N) is 7. The molecule has 0 fully saturated rings. The van der Waals surface area contributed by atoms with Gasteiger partial charge < -0.3 is 34.0 Å². The van der Waals surface area contributed by atoms with Crippen LogP contribution in [-0.4, -0.2) is 4.57 Å². The number of halogens is 3. The average Bonchev–Trinajstić information content (AvgIpc) is 1.58. The summed E-state index contributed by atoms with van der Waals surface area (Å²) in [5.41, 5.74) is 31.6. The molecule has 1 aromatic heterocycles. The number of aryl methyl sites for hydroxylation is 3. The Balaban J connectivity index is 0.702. The summed E-state index contributed by atoms with van der Waals surface area (Å²) in [6.45, 7) is 6.41. The smallest absolute Gasteiger partial charge is 0.0542 e. The van der Waals surface area contributed by atoms with Crippen LogP contribution in [0, 0.1) is 20.8 Å². The number of hydrogen-bond donors (Lipinski definition) is 0. The molecule has 19 aromatic rings. The SMILES string of the molecule is Cc1cccc(N(c2ccccc2)c2ccc(-c3ccc(N(c4ccc(-n5c6ccc(N(c7ccc(-c8ccc(N(c9ccccc9)c9cccc(C)c9)cc8)cc7)c7cccc(Cl)c7)cc6c6cc(N(c7ccc(-c8ccc(N(c9ccccc9)c9cccc(C)c9)cc8)cc7)c7cccc(Cl)c7)ccc65)cc4)c4cccc(Cl)c4)cc3)cc2)c1. The number of para-hydroxylation sites is 3. The lowest BCUT2D eigenvalue weighted by molar-refractivity contribution is 1.17. The maximum atomic E-state index is 7.01. The molecule has 18 aromatic carbocycles. The van der Waals surface area contributed by atoms with Crippen molar-refractivity contribution < 1.29 is 0 Å². The van der Waals surface area contributed by atoms with Gasteiger partial charge in [0.15, 0.2) is 0 Å². The standard InChI is InChI=1S/C111H82Cl3N7/c1-77-19-13-31-100(69-77)115(89-25-7-4-8-26-89)92-49-37-80(38-50-92)83-43-55-95(56-44-83)118(103-34-16-22-86(112)72-103)98-61-63-99(64-62-98)121-110-67-65-106(119(104-35-17-23-87(113)73-104)96-57-45-84(46-58-96)81-39-51-93(52-40-81)116(90-27-9-5-10-28-90)101-32-14-20-78(2)70-101)75-108(110)109-76-107(66-68-111(109)121)120(105-36-18-24-88(114)74-105)97-59-47-85(48-60-97)82-41-53-94(54-42-82)117(91-29-11-6-12-30-91)102-33-15-21-79(3)71-102/h4-76H,1-3H3. The molecule has 0 aliphatic rings. The molecule has 0 unspecified atom stereocenters. The Morgan fingerprint density at radius 2 is 0.355 bits per heavy atom. The van der Waals surface area contributed by atoms with Crippen molar-refractivity contribution in [1.82, 2.24) is 4.57 Å². The number of fused-ring (bicyclic) bond motifs is 3. The first-order valence-electron chi connectivity index (χ1n) is 40.6. The monoisotopic (exact) mass is 1620 g/mol. The average molecular weight is 1620 g/mol. The minimum absolute atomic E-state index is 0.633. The second-order valence-electron chi connectivity index (χ2n) is 30.5. The van der Waals surface area contributed by atoms with E-state index in [0.717, 1.165) is 163 Å². The van der Waals surface area contributed by atoms with E-state index in [1.165, 1.54) is 16.7 Å².